The van der Waals surface area contributed by atoms with Crippen LogP contribution in [-0.2, 0) is 11.2 Å². The minimum absolute atomic E-state index is 0.172. The molecule has 1 aliphatic heterocycles. The van der Waals surface area contributed by atoms with Crippen molar-refractivity contribution in [1.82, 2.24) is 4.90 Å². The van der Waals surface area contributed by atoms with Gasteiger partial charge in [0.15, 0.2) is 0 Å². The topological polar surface area (TPSA) is 32.8 Å². The summed E-state index contributed by atoms with van der Waals surface area (Å²) in [5.41, 5.74) is 2.12. The third-order valence-corrected chi connectivity index (χ3v) is 5.28. The Kier molecular flexibility index (Phi) is 6.28. The van der Waals surface area contributed by atoms with E-state index in [9.17, 15) is 4.79 Å². The number of amides is 1. The average Bonchev–Trinajstić information content (AvgIpc) is 2.67. The number of carbonyl (C=O) groups is 1. The van der Waals surface area contributed by atoms with Gasteiger partial charge in [0.25, 0.3) is 0 Å². The molecule has 0 aliphatic carbocycles. The molecule has 2 aromatic rings. The van der Waals surface area contributed by atoms with Gasteiger partial charge in [-0.15, -0.1) is 0 Å². The van der Waals surface area contributed by atoms with E-state index in [1.165, 1.54) is 0 Å². The van der Waals surface area contributed by atoms with Crippen molar-refractivity contribution in [2.24, 2.45) is 0 Å². The van der Waals surface area contributed by atoms with Gasteiger partial charge in [0.2, 0.25) is 5.91 Å². The van der Waals surface area contributed by atoms with Crippen LogP contribution in [0.15, 0.2) is 42.5 Å². The van der Waals surface area contributed by atoms with Crippen molar-refractivity contribution in [2.45, 2.75) is 12.8 Å². The maximum absolute atomic E-state index is 12.5. The van der Waals surface area contributed by atoms with Crippen molar-refractivity contribution in [3.05, 3.63) is 58.1 Å². The Morgan fingerprint density at radius 3 is 2.35 bits per heavy atom. The number of methoxy groups -OCH3 is 1. The Morgan fingerprint density at radius 2 is 1.73 bits per heavy atom. The molecule has 1 amide bonds. The molecule has 3 rings (SSSR count). The summed E-state index contributed by atoms with van der Waals surface area (Å²) in [4.78, 5) is 16.7. The number of hydrogen-bond acceptors (Lipinski definition) is 3. The van der Waals surface area contributed by atoms with Gasteiger partial charge < -0.3 is 14.5 Å². The molecular formula is C20H22Cl2N2O2. The van der Waals surface area contributed by atoms with E-state index in [1.807, 2.05) is 23.1 Å². The Morgan fingerprint density at radius 1 is 1.04 bits per heavy atom. The first-order valence-electron chi connectivity index (χ1n) is 8.67. The highest BCUT2D eigenvalue weighted by molar-refractivity contribution is 6.35. The van der Waals surface area contributed by atoms with Gasteiger partial charge in [0.1, 0.15) is 5.75 Å². The second-order valence-electron chi connectivity index (χ2n) is 6.30. The first-order chi connectivity index (χ1) is 12.6. The number of hydrogen-bond donors (Lipinski definition) is 0. The quantitative estimate of drug-likeness (QED) is 0.760. The van der Waals surface area contributed by atoms with E-state index in [2.05, 4.69) is 17.0 Å². The number of benzene rings is 2. The zero-order valence-corrected chi connectivity index (χ0v) is 16.3. The number of carbonyl (C=O) groups excluding carboxylic acids is 1. The summed E-state index contributed by atoms with van der Waals surface area (Å²) in [6.45, 7) is 3.14. The van der Waals surface area contributed by atoms with Crippen molar-refractivity contribution in [3.8, 4) is 5.75 Å². The molecule has 0 spiro atoms. The van der Waals surface area contributed by atoms with Crippen molar-refractivity contribution in [3.63, 3.8) is 0 Å². The number of ether oxygens (including phenoxy) is 1. The molecule has 1 saturated heterocycles. The molecule has 0 N–H and O–H groups in total. The lowest BCUT2D eigenvalue weighted by molar-refractivity contribution is -0.131. The molecule has 6 heteroatoms. The molecule has 0 unspecified atom stereocenters. The molecule has 0 radical (unpaired) electrons. The van der Waals surface area contributed by atoms with Crippen LogP contribution in [0.2, 0.25) is 10.0 Å². The number of nitrogens with zero attached hydrogens (tertiary/aromatic N) is 2. The second kappa shape index (κ2) is 8.65. The molecule has 138 valence electrons. The molecular weight excluding hydrogens is 371 g/mol. The van der Waals surface area contributed by atoms with E-state index in [-0.39, 0.29) is 5.91 Å². The number of aryl methyl sites for hydroxylation is 1. The maximum atomic E-state index is 12.5. The van der Waals surface area contributed by atoms with Gasteiger partial charge in [-0.2, -0.15) is 0 Å². The van der Waals surface area contributed by atoms with E-state index >= 15 is 0 Å². The number of rotatable bonds is 5. The Balaban J connectivity index is 1.50. The standard InChI is InChI=1S/C20H22Cl2N2O2/c1-26-18-7-5-17(6-8-18)23-10-12-24(13-11-23)20(25)9-3-15-2-4-16(21)14-19(15)22/h2,4-8,14H,3,9-13H2,1H3. The number of piperazine rings is 1. The first kappa shape index (κ1) is 18.9. The average molecular weight is 393 g/mol. The lowest BCUT2D eigenvalue weighted by Gasteiger charge is -2.36. The summed E-state index contributed by atoms with van der Waals surface area (Å²) in [6.07, 6.45) is 1.09. The van der Waals surface area contributed by atoms with Crippen LogP contribution in [0.5, 0.6) is 5.75 Å². The van der Waals surface area contributed by atoms with Gasteiger partial charge in [-0.25, -0.2) is 0 Å². The van der Waals surface area contributed by atoms with Gasteiger partial charge in [-0.05, 0) is 48.4 Å². The Bertz CT molecular complexity index is 757. The SMILES string of the molecule is COc1ccc(N2CCN(C(=O)CCc3ccc(Cl)cc3Cl)CC2)cc1. The fraction of sp³-hybridized carbons (Fsp3) is 0.350. The molecule has 0 saturated carbocycles. The summed E-state index contributed by atoms with van der Waals surface area (Å²) < 4.78 is 5.20. The maximum Gasteiger partial charge on any atom is 0.223 e. The smallest absolute Gasteiger partial charge is 0.223 e. The normalized spacial score (nSPS) is 14.4. The van der Waals surface area contributed by atoms with Crippen LogP contribution in [0.4, 0.5) is 5.69 Å². The first-order valence-corrected chi connectivity index (χ1v) is 9.43. The predicted molar refractivity (Wildman–Crippen MR) is 107 cm³/mol. The summed E-state index contributed by atoms with van der Waals surface area (Å²) >= 11 is 12.1. The monoisotopic (exact) mass is 392 g/mol. The number of anilines is 1. The molecule has 1 aliphatic rings. The number of halogens is 2. The van der Waals surface area contributed by atoms with E-state index in [4.69, 9.17) is 27.9 Å². The van der Waals surface area contributed by atoms with Crippen LogP contribution in [0, 0.1) is 0 Å². The molecule has 0 aromatic heterocycles. The summed E-state index contributed by atoms with van der Waals surface area (Å²) in [7, 11) is 1.66. The van der Waals surface area contributed by atoms with Crippen molar-refractivity contribution in [1.29, 1.82) is 0 Å². The van der Waals surface area contributed by atoms with Gasteiger partial charge in [-0.1, -0.05) is 29.3 Å². The van der Waals surface area contributed by atoms with E-state index in [1.54, 1.807) is 19.2 Å². The van der Waals surface area contributed by atoms with Crippen LogP contribution in [0.3, 0.4) is 0 Å². The van der Waals surface area contributed by atoms with Gasteiger partial charge >= 0.3 is 0 Å². The van der Waals surface area contributed by atoms with E-state index in [0.717, 1.165) is 43.2 Å². The van der Waals surface area contributed by atoms with Crippen LogP contribution in [0.1, 0.15) is 12.0 Å². The van der Waals surface area contributed by atoms with Gasteiger partial charge in [-0.3, -0.25) is 4.79 Å². The molecule has 4 nitrogen and oxygen atoms in total. The molecule has 1 fully saturated rings. The Labute approximate surface area is 164 Å². The molecule has 0 atom stereocenters. The molecule has 2 aromatic carbocycles. The fourth-order valence-electron chi connectivity index (χ4n) is 3.13. The van der Waals surface area contributed by atoms with Gasteiger partial charge in [0.05, 0.1) is 7.11 Å². The Hall–Kier alpha value is -1.91. The van der Waals surface area contributed by atoms with Crippen LogP contribution >= 0.6 is 23.2 Å². The molecule has 0 bridgehead atoms. The van der Waals surface area contributed by atoms with Crippen molar-refractivity contribution >= 4 is 34.8 Å². The van der Waals surface area contributed by atoms with Crippen molar-refractivity contribution in [2.75, 3.05) is 38.2 Å². The highest BCUT2D eigenvalue weighted by Gasteiger charge is 2.21. The van der Waals surface area contributed by atoms with Crippen LogP contribution in [0.25, 0.3) is 0 Å². The molecule has 1 heterocycles. The van der Waals surface area contributed by atoms with E-state index in [0.29, 0.717) is 22.9 Å². The lowest BCUT2D eigenvalue weighted by Crippen LogP contribution is -2.48. The van der Waals surface area contributed by atoms with Crippen LogP contribution < -0.4 is 9.64 Å². The fourth-order valence-corrected chi connectivity index (χ4v) is 3.63. The second-order valence-corrected chi connectivity index (χ2v) is 7.15. The largest absolute Gasteiger partial charge is 0.497 e. The zero-order chi connectivity index (χ0) is 18.5. The van der Waals surface area contributed by atoms with Gasteiger partial charge in [0, 0.05) is 48.3 Å². The minimum atomic E-state index is 0.172. The summed E-state index contributed by atoms with van der Waals surface area (Å²) in [5, 5.41) is 1.23. The summed E-state index contributed by atoms with van der Waals surface area (Å²) in [6, 6.07) is 13.4. The van der Waals surface area contributed by atoms with Crippen LogP contribution in [-0.4, -0.2) is 44.1 Å². The molecule has 26 heavy (non-hydrogen) atoms. The minimum Gasteiger partial charge on any atom is -0.497 e. The lowest BCUT2D eigenvalue weighted by atomic mass is 10.1. The third kappa shape index (κ3) is 4.63. The highest BCUT2D eigenvalue weighted by atomic mass is 35.5. The van der Waals surface area contributed by atoms with E-state index < -0.39 is 0 Å². The summed E-state index contributed by atoms with van der Waals surface area (Å²) in [5.74, 6) is 1.02. The van der Waals surface area contributed by atoms with Crippen molar-refractivity contribution < 1.29 is 9.53 Å². The third-order valence-electron chi connectivity index (χ3n) is 4.69. The highest BCUT2D eigenvalue weighted by Crippen LogP contribution is 2.23. The zero-order valence-electron chi connectivity index (χ0n) is 14.8. The predicted octanol–water partition coefficient (Wildman–Crippen LogP) is 4.28.